The van der Waals surface area contributed by atoms with Crippen LogP contribution in [-0.2, 0) is 0 Å². The van der Waals surface area contributed by atoms with E-state index in [1.165, 1.54) is 31.4 Å². The summed E-state index contributed by atoms with van der Waals surface area (Å²) < 4.78 is 0. The van der Waals surface area contributed by atoms with Gasteiger partial charge in [0, 0.05) is 0 Å². The highest BCUT2D eigenvalue weighted by atomic mass is 32.2. The molecule has 0 aliphatic heterocycles. The number of hydrogen-bond acceptors (Lipinski definition) is 2. The highest BCUT2D eigenvalue weighted by molar-refractivity contribution is 7.98. The normalized spacial score (nSPS) is 21.0. The molecule has 0 aromatic rings. The van der Waals surface area contributed by atoms with E-state index in [1.54, 1.807) is 0 Å². The molecule has 0 saturated heterocycles. The van der Waals surface area contributed by atoms with Crippen LogP contribution >= 0.6 is 11.8 Å². The third-order valence-corrected chi connectivity index (χ3v) is 3.14. The van der Waals surface area contributed by atoms with Crippen molar-refractivity contribution in [2.45, 2.75) is 25.7 Å². The second-order valence-corrected chi connectivity index (χ2v) is 4.29. The lowest BCUT2D eigenvalue weighted by molar-refractivity contribution is 0.474. The minimum absolute atomic E-state index is 0.607. The van der Waals surface area contributed by atoms with Crippen molar-refractivity contribution in [3.8, 4) is 0 Å². The fourth-order valence-corrected chi connectivity index (χ4v) is 1.76. The lowest BCUT2D eigenvalue weighted by Gasteiger charge is -2.09. The van der Waals surface area contributed by atoms with Gasteiger partial charge in [0.15, 0.2) is 0 Å². The molecule has 2 heteroatoms. The van der Waals surface area contributed by atoms with Crippen molar-refractivity contribution in [2.75, 3.05) is 18.6 Å². The zero-order chi connectivity index (χ0) is 7.45. The Kier molecular flexibility index (Phi) is 3.05. The van der Waals surface area contributed by atoms with Crippen molar-refractivity contribution in [1.29, 1.82) is 0 Å². The summed E-state index contributed by atoms with van der Waals surface area (Å²) in [6.45, 7) is 0.918. The molecule has 1 saturated carbocycles. The zero-order valence-electron chi connectivity index (χ0n) is 6.73. The van der Waals surface area contributed by atoms with Gasteiger partial charge in [-0.1, -0.05) is 0 Å². The van der Waals surface area contributed by atoms with Crippen LogP contribution in [0.25, 0.3) is 0 Å². The van der Waals surface area contributed by atoms with E-state index >= 15 is 0 Å². The number of rotatable bonds is 5. The molecule has 0 aromatic heterocycles. The van der Waals surface area contributed by atoms with Crippen molar-refractivity contribution in [3.05, 3.63) is 0 Å². The van der Waals surface area contributed by atoms with Gasteiger partial charge in [-0.05, 0) is 49.7 Å². The van der Waals surface area contributed by atoms with Gasteiger partial charge in [-0.3, -0.25) is 0 Å². The average Bonchev–Trinajstić information content (AvgIpc) is 2.70. The minimum atomic E-state index is 0.607. The summed E-state index contributed by atoms with van der Waals surface area (Å²) in [4.78, 5) is 0. The van der Waals surface area contributed by atoms with Gasteiger partial charge in [0.1, 0.15) is 0 Å². The van der Waals surface area contributed by atoms with E-state index in [2.05, 4.69) is 6.26 Å². The van der Waals surface area contributed by atoms with Gasteiger partial charge in [0.25, 0.3) is 0 Å². The molecule has 1 nitrogen and oxygen atoms in total. The predicted octanol–water partition coefficient (Wildman–Crippen LogP) is 1.87. The first kappa shape index (κ1) is 8.41. The number of hydrogen-bond donors (Lipinski definition) is 1. The average molecular weight is 159 g/mol. The molecule has 0 atom stereocenters. The van der Waals surface area contributed by atoms with Crippen LogP contribution in [0, 0.1) is 5.41 Å². The monoisotopic (exact) mass is 159 g/mol. The highest BCUT2D eigenvalue weighted by Gasteiger charge is 2.39. The zero-order valence-corrected chi connectivity index (χ0v) is 7.54. The molecule has 1 aliphatic carbocycles. The van der Waals surface area contributed by atoms with Crippen molar-refractivity contribution in [3.63, 3.8) is 0 Å². The van der Waals surface area contributed by atoms with Crippen molar-refractivity contribution in [2.24, 2.45) is 11.1 Å². The Hall–Kier alpha value is 0.310. The SMILES string of the molecule is CSCCCC1(CN)CC1. The van der Waals surface area contributed by atoms with Gasteiger partial charge in [0.2, 0.25) is 0 Å². The molecule has 10 heavy (non-hydrogen) atoms. The summed E-state index contributed by atoms with van der Waals surface area (Å²) in [5.74, 6) is 1.31. The largest absolute Gasteiger partial charge is 0.330 e. The Balaban J connectivity index is 2.01. The lowest BCUT2D eigenvalue weighted by atomic mass is 10.0. The molecule has 0 radical (unpaired) electrons. The van der Waals surface area contributed by atoms with Crippen LogP contribution in [0.5, 0.6) is 0 Å². The summed E-state index contributed by atoms with van der Waals surface area (Å²) in [6, 6.07) is 0. The molecular formula is C8H17NS. The van der Waals surface area contributed by atoms with Gasteiger partial charge in [-0.25, -0.2) is 0 Å². The lowest BCUT2D eigenvalue weighted by Crippen LogP contribution is -2.15. The summed E-state index contributed by atoms with van der Waals surface area (Å²) in [5, 5.41) is 0. The first-order valence-electron chi connectivity index (χ1n) is 4.02. The Labute approximate surface area is 67.8 Å². The topological polar surface area (TPSA) is 26.0 Å². The van der Waals surface area contributed by atoms with Gasteiger partial charge >= 0.3 is 0 Å². The molecular weight excluding hydrogens is 142 g/mol. The number of thioether (sulfide) groups is 1. The maximum atomic E-state index is 5.64. The third kappa shape index (κ3) is 2.17. The molecule has 0 amide bonds. The molecule has 1 aliphatic rings. The van der Waals surface area contributed by atoms with Crippen LogP contribution in [0.3, 0.4) is 0 Å². The molecule has 60 valence electrons. The molecule has 0 aromatic carbocycles. The Morgan fingerprint density at radius 3 is 2.60 bits per heavy atom. The standard InChI is InChI=1S/C8H17NS/c1-10-6-2-3-8(7-9)4-5-8/h2-7,9H2,1H3. The Bertz CT molecular complexity index is 99.4. The van der Waals surface area contributed by atoms with E-state index in [9.17, 15) is 0 Å². The van der Waals surface area contributed by atoms with Gasteiger partial charge < -0.3 is 5.73 Å². The van der Waals surface area contributed by atoms with Gasteiger partial charge in [-0.2, -0.15) is 11.8 Å². The van der Waals surface area contributed by atoms with E-state index in [-0.39, 0.29) is 0 Å². The summed E-state index contributed by atoms with van der Waals surface area (Å²) in [6.07, 6.45) is 7.67. The maximum Gasteiger partial charge on any atom is -0.00205 e. The first-order valence-corrected chi connectivity index (χ1v) is 5.41. The number of nitrogens with two attached hydrogens (primary N) is 1. The van der Waals surface area contributed by atoms with Crippen LogP contribution in [0.2, 0.25) is 0 Å². The third-order valence-electron chi connectivity index (χ3n) is 2.45. The Morgan fingerprint density at radius 2 is 2.20 bits per heavy atom. The second-order valence-electron chi connectivity index (χ2n) is 3.30. The smallest absolute Gasteiger partial charge is 0.00205 e. The minimum Gasteiger partial charge on any atom is -0.330 e. The predicted molar refractivity (Wildman–Crippen MR) is 48.3 cm³/mol. The van der Waals surface area contributed by atoms with Crippen LogP contribution in [0.1, 0.15) is 25.7 Å². The molecule has 0 spiro atoms. The van der Waals surface area contributed by atoms with Crippen molar-refractivity contribution >= 4 is 11.8 Å². The van der Waals surface area contributed by atoms with Crippen molar-refractivity contribution < 1.29 is 0 Å². The molecule has 1 fully saturated rings. The summed E-state index contributed by atoms with van der Waals surface area (Å²) >= 11 is 1.94. The molecule has 0 bridgehead atoms. The van der Waals surface area contributed by atoms with Crippen LogP contribution in [0.4, 0.5) is 0 Å². The first-order chi connectivity index (χ1) is 4.83. The highest BCUT2D eigenvalue weighted by Crippen LogP contribution is 2.48. The van der Waals surface area contributed by atoms with Crippen LogP contribution in [0.15, 0.2) is 0 Å². The fraction of sp³-hybridized carbons (Fsp3) is 1.00. The van der Waals surface area contributed by atoms with E-state index in [1.807, 2.05) is 11.8 Å². The summed E-state index contributed by atoms with van der Waals surface area (Å²) in [5.41, 5.74) is 6.25. The fourth-order valence-electron chi connectivity index (χ4n) is 1.32. The Morgan fingerprint density at radius 1 is 1.50 bits per heavy atom. The van der Waals surface area contributed by atoms with Gasteiger partial charge in [0.05, 0.1) is 0 Å². The van der Waals surface area contributed by atoms with Gasteiger partial charge in [-0.15, -0.1) is 0 Å². The molecule has 0 unspecified atom stereocenters. The van der Waals surface area contributed by atoms with E-state index in [0.717, 1.165) is 6.54 Å². The van der Waals surface area contributed by atoms with E-state index in [4.69, 9.17) is 5.73 Å². The second kappa shape index (κ2) is 3.63. The van der Waals surface area contributed by atoms with Crippen molar-refractivity contribution in [1.82, 2.24) is 0 Å². The maximum absolute atomic E-state index is 5.64. The molecule has 2 N–H and O–H groups in total. The van der Waals surface area contributed by atoms with Crippen LogP contribution in [-0.4, -0.2) is 18.6 Å². The molecule has 0 heterocycles. The van der Waals surface area contributed by atoms with Crippen LogP contribution < -0.4 is 5.73 Å². The quantitative estimate of drug-likeness (QED) is 0.620. The van der Waals surface area contributed by atoms with E-state index < -0.39 is 0 Å². The molecule has 1 rings (SSSR count). The van der Waals surface area contributed by atoms with E-state index in [0.29, 0.717) is 5.41 Å². The summed E-state index contributed by atoms with van der Waals surface area (Å²) in [7, 11) is 0.